The standard InChI is InChI=1S/C16H20F4O/c1-2-10-4-3-5-11(8-10)15(21)12-6-7-13(14(17)9-12)16(18,19)20/h6-7,9-11,15,21H,2-5,8H2,1H3. The number of rotatable bonds is 3. The lowest BCUT2D eigenvalue weighted by molar-refractivity contribution is -0.140. The molecular weight excluding hydrogens is 284 g/mol. The summed E-state index contributed by atoms with van der Waals surface area (Å²) in [5, 5.41) is 10.3. The van der Waals surface area contributed by atoms with Crippen LogP contribution in [0.1, 0.15) is 56.3 Å². The maximum absolute atomic E-state index is 13.6. The molecular formula is C16H20F4O. The second-order valence-electron chi connectivity index (χ2n) is 5.88. The summed E-state index contributed by atoms with van der Waals surface area (Å²) in [6.45, 7) is 2.09. The highest BCUT2D eigenvalue weighted by Gasteiger charge is 2.35. The highest BCUT2D eigenvalue weighted by atomic mass is 19.4. The topological polar surface area (TPSA) is 20.2 Å². The van der Waals surface area contributed by atoms with Crippen LogP contribution >= 0.6 is 0 Å². The molecule has 0 amide bonds. The van der Waals surface area contributed by atoms with Gasteiger partial charge in [0.05, 0.1) is 11.7 Å². The summed E-state index contributed by atoms with van der Waals surface area (Å²) in [6.07, 6.45) is -0.752. The Morgan fingerprint density at radius 2 is 2.00 bits per heavy atom. The molecule has 0 heterocycles. The number of aliphatic hydroxyl groups is 1. The maximum atomic E-state index is 13.6. The number of hydrogen-bond acceptors (Lipinski definition) is 1. The van der Waals surface area contributed by atoms with Gasteiger partial charge in [0.2, 0.25) is 0 Å². The van der Waals surface area contributed by atoms with Crippen molar-refractivity contribution in [3.05, 3.63) is 35.1 Å². The zero-order chi connectivity index (χ0) is 15.6. The van der Waals surface area contributed by atoms with Crippen LogP contribution < -0.4 is 0 Å². The fraction of sp³-hybridized carbons (Fsp3) is 0.625. The maximum Gasteiger partial charge on any atom is 0.419 e. The third-order valence-electron chi connectivity index (χ3n) is 4.49. The molecule has 1 saturated carbocycles. The predicted molar refractivity (Wildman–Crippen MR) is 72.1 cm³/mol. The minimum absolute atomic E-state index is 0.000151. The molecule has 3 atom stereocenters. The number of alkyl halides is 3. The molecule has 1 aliphatic rings. The van der Waals surface area contributed by atoms with Gasteiger partial charge in [0.1, 0.15) is 5.82 Å². The predicted octanol–water partition coefficient (Wildman–Crippen LogP) is 5.09. The van der Waals surface area contributed by atoms with Crippen molar-refractivity contribution in [1.82, 2.24) is 0 Å². The summed E-state index contributed by atoms with van der Waals surface area (Å²) in [5.74, 6) is -0.778. The van der Waals surface area contributed by atoms with E-state index in [1.165, 1.54) is 6.07 Å². The van der Waals surface area contributed by atoms with Gasteiger partial charge in [-0.1, -0.05) is 32.3 Å². The fourth-order valence-electron chi connectivity index (χ4n) is 3.21. The molecule has 0 bridgehead atoms. The summed E-state index contributed by atoms with van der Waals surface area (Å²) < 4.78 is 51.2. The van der Waals surface area contributed by atoms with Crippen LogP contribution in [0, 0.1) is 17.7 Å². The van der Waals surface area contributed by atoms with Gasteiger partial charge in [0, 0.05) is 0 Å². The quantitative estimate of drug-likeness (QED) is 0.771. The molecule has 1 aliphatic carbocycles. The van der Waals surface area contributed by atoms with Crippen molar-refractivity contribution >= 4 is 0 Å². The smallest absolute Gasteiger partial charge is 0.388 e. The molecule has 21 heavy (non-hydrogen) atoms. The number of benzene rings is 1. The van der Waals surface area contributed by atoms with E-state index in [-0.39, 0.29) is 11.5 Å². The molecule has 1 aromatic rings. The SMILES string of the molecule is CCC1CCCC(C(O)c2ccc(C(F)(F)F)c(F)c2)C1. The molecule has 118 valence electrons. The largest absolute Gasteiger partial charge is 0.419 e. The van der Waals surface area contributed by atoms with Crippen LogP contribution in [0.15, 0.2) is 18.2 Å². The van der Waals surface area contributed by atoms with E-state index in [4.69, 9.17) is 0 Å². The van der Waals surface area contributed by atoms with E-state index in [9.17, 15) is 22.7 Å². The Kier molecular flexibility index (Phi) is 4.91. The van der Waals surface area contributed by atoms with E-state index in [1.54, 1.807) is 0 Å². The van der Waals surface area contributed by atoms with Gasteiger partial charge in [-0.2, -0.15) is 13.2 Å². The molecule has 1 fully saturated rings. The van der Waals surface area contributed by atoms with Crippen LogP contribution in [0.4, 0.5) is 17.6 Å². The van der Waals surface area contributed by atoms with Crippen molar-refractivity contribution in [1.29, 1.82) is 0 Å². The minimum Gasteiger partial charge on any atom is -0.388 e. The van der Waals surface area contributed by atoms with E-state index in [0.29, 0.717) is 12.0 Å². The van der Waals surface area contributed by atoms with Crippen LogP contribution in [0.5, 0.6) is 0 Å². The molecule has 2 rings (SSSR count). The van der Waals surface area contributed by atoms with E-state index >= 15 is 0 Å². The third-order valence-corrected chi connectivity index (χ3v) is 4.49. The monoisotopic (exact) mass is 304 g/mol. The minimum atomic E-state index is -4.70. The molecule has 0 spiro atoms. The van der Waals surface area contributed by atoms with E-state index in [2.05, 4.69) is 6.92 Å². The lowest BCUT2D eigenvalue weighted by Crippen LogP contribution is -2.21. The molecule has 0 radical (unpaired) electrons. The molecule has 5 heteroatoms. The van der Waals surface area contributed by atoms with Crippen molar-refractivity contribution in [3.63, 3.8) is 0 Å². The van der Waals surface area contributed by atoms with Crippen LogP contribution in [-0.2, 0) is 6.18 Å². The van der Waals surface area contributed by atoms with Crippen LogP contribution in [0.3, 0.4) is 0 Å². The third kappa shape index (κ3) is 3.76. The molecule has 0 aromatic heterocycles. The molecule has 0 saturated heterocycles. The average molecular weight is 304 g/mol. The van der Waals surface area contributed by atoms with Gasteiger partial charge < -0.3 is 5.11 Å². The number of halogens is 4. The Bertz CT molecular complexity index is 484. The summed E-state index contributed by atoms with van der Waals surface area (Å²) >= 11 is 0. The highest BCUT2D eigenvalue weighted by Crippen LogP contribution is 2.39. The van der Waals surface area contributed by atoms with Gasteiger partial charge >= 0.3 is 6.18 Å². The average Bonchev–Trinajstić information content (AvgIpc) is 2.45. The second-order valence-corrected chi connectivity index (χ2v) is 5.88. The first kappa shape index (κ1) is 16.3. The van der Waals surface area contributed by atoms with Crippen LogP contribution in [0.25, 0.3) is 0 Å². The van der Waals surface area contributed by atoms with Gasteiger partial charge in [0.25, 0.3) is 0 Å². The zero-order valence-electron chi connectivity index (χ0n) is 12.0. The molecule has 1 N–H and O–H groups in total. The van der Waals surface area contributed by atoms with E-state index in [0.717, 1.165) is 38.2 Å². The Morgan fingerprint density at radius 3 is 2.57 bits per heavy atom. The van der Waals surface area contributed by atoms with Gasteiger partial charge in [-0.25, -0.2) is 4.39 Å². The lowest BCUT2D eigenvalue weighted by Gasteiger charge is -2.32. The fourth-order valence-corrected chi connectivity index (χ4v) is 3.21. The van der Waals surface area contributed by atoms with Crippen LogP contribution in [-0.4, -0.2) is 5.11 Å². The second kappa shape index (κ2) is 6.34. The number of hydrogen-bond donors (Lipinski definition) is 1. The Hall–Kier alpha value is -1.10. The molecule has 0 aliphatic heterocycles. The van der Waals surface area contributed by atoms with Crippen molar-refractivity contribution < 1.29 is 22.7 Å². The van der Waals surface area contributed by atoms with Crippen molar-refractivity contribution in [2.45, 2.75) is 51.3 Å². The van der Waals surface area contributed by atoms with Crippen molar-refractivity contribution in [2.24, 2.45) is 11.8 Å². The lowest BCUT2D eigenvalue weighted by atomic mass is 9.76. The first-order valence-corrected chi connectivity index (χ1v) is 7.37. The van der Waals surface area contributed by atoms with Gasteiger partial charge in [0.15, 0.2) is 0 Å². The van der Waals surface area contributed by atoms with Gasteiger partial charge in [-0.3, -0.25) is 0 Å². The summed E-state index contributed by atoms with van der Waals surface area (Å²) in [6, 6.07) is 2.73. The Balaban J connectivity index is 2.16. The summed E-state index contributed by atoms with van der Waals surface area (Å²) in [5.41, 5.74) is -1.05. The van der Waals surface area contributed by atoms with E-state index < -0.39 is 23.7 Å². The summed E-state index contributed by atoms with van der Waals surface area (Å²) in [7, 11) is 0. The van der Waals surface area contributed by atoms with Gasteiger partial charge in [-0.15, -0.1) is 0 Å². The van der Waals surface area contributed by atoms with Crippen molar-refractivity contribution in [3.8, 4) is 0 Å². The molecule has 1 aromatic carbocycles. The van der Waals surface area contributed by atoms with E-state index in [1.807, 2.05) is 0 Å². The van der Waals surface area contributed by atoms with Crippen LogP contribution in [0.2, 0.25) is 0 Å². The summed E-state index contributed by atoms with van der Waals surface area (Å²) in [4.78, 5) is 0. The number of aliphatic hydroxyl groups excluding tert-OH is 1. The molecule has 3 unspecified atom stereocenters. The zero-order valence-corrected chi connectivity index (χ0v) is 12.0. The normalized spacial score (nSPS) is 24.9. The first-order valence-electron chi connectivity index (χ1n) is 7.37. The Morgan fingerprint density at radius 1 is 1.29 bits per heavy atom. The first-order chi connectivity index (χ1) is 9.82. The Labute approximate surface area is 122 Å². The van der Waals surface area contributed by atoms with Gasteiger partial charge in [-0.05, 0) is 42.4 Å². The van der Waals surface area contributed by atoms with Crippen molar-refractivity contribution in [2.75, 3.05) is 0 Å². The molecule has 1 nitrogen and oxygen atoms in total. The highest BCUT2D eigenvalue weighted by molar-refractivity contribution is 5.28.